The number of benzene rings is 9. The molecule has 0 amide bonds. The molecule has 0 saturated heterocycles. The lowest BCUT2D eigenvalue weighted by molar-refractivity contribution is 0.282. The Morgan fingerprint density at radius 2 is 0.726 bits per heavy atom. The minimum Gasteiger partial charge on any atom is -0.497 e. The molecule has 0 fully saturated rings. The van der Waals surface area contributed by atoms with Gasteiger partial charge in [0.1, 0.15) is 5.75 Å². The van der Waals surface area contributed by atoms with Crippen LogP contribution in [0.3, 0.4) is 0 Å². The molecule has 6 heteroatoms. The molecule has 6 nitrogen and oxygen atoms in total. The Kier molecular flexibility index (Phi) is 9.25. The van der Waals surface area contributed by atoms with Crippen LogP contribution in [-0.4, -0.2) is 21.4 Å². The third-order valence-electron chi connectivity index (χ3n) is 11.9. The highest BCUT2D eigenvalue weighted by Gasteiger charge is 2.21. The molecular weight excluding hydrogens is 761 g/mol. The second-order valence-corrected chi connectivity index (χ2v) is 15.5. The fourth-order valence-electron chi connectivity index (χ4n) is 9.04. The van der Waals surface area contributed by atoms with E-state index >= 15 is 0 Å². The molecule has 11 rings (SSSR count). The zero-order valence-corrected chi connectivity index (χ0v) is 34.1. The first-order valence-corrected chi connectivity index (χ1v) is 20.9. The van der Waals surface area contributed by atoms with Gasteiger partial charge in [-0.15, -0.1) is 0 Å². The van der Waals surface area contributed by atoms with Crippen molar-refractivity contribution >= 4 is 77.7 Å². The number of aliphatic hydroxyl groups excluding tert-OH is 1. The van der Waals surface area contributed by atoms with E-state index in [-0.39, 0.29) is 6.61 Å². The maximum atomic E-state index is 9.95. The molecular formula is C56H42N4O2. The fraction of sp³-hybridized carbons (Fsp3) is 0.0357. The summed E-state index contributed by atoms with van der Waals surface area (Å²) in [6.07, 6.45) is 0. The standard InChI is InChI=1S/C56H42N4O2/c1-62-48-32-28-45(29-33-48)58(47-31-35-56-52(37-47)50-17-9-11-19-54(50)60(56)41-14-6-3-7-15-41)44-26-24-43(25-27-44)57(42-22-20-39(38-61)21-23-42)46-30-34-55-51(36-46)49-16-8-10-18-53(49)59(55)40-12-4-2-5-13-40/h2-37,61H,38H2,1H3. The Bertz CT molecular complexity index is 3130. The van der Waals surface area contributed by atoms with Crippen molar-refractivity contribution in [3.05, 3.63) is 224 Å². The summed E-state index contributed by atoms with van der Waals surface area (Å²) in [5.41, 5.74) is 13.9. The number of para-hydroxylation sites is 4. The first-order valence-electron chi connectivity index (χ1n) is 20.9. The van der Waals surface area contributed by atoms with Gasteiger partial charge in [-0.05, 0) is 139 Å². The van der Waals surface area contributed by atoms with E-state index in [1.165, 1.54) is 27.1 Å². The van der Waals surface area contributed by atoms with Gasteiger partial charge in [-0.25, -0.2) is 0 Å². The summed E-state index contributed by atoms with van der Waals surface area (Å²) in [4.78, 5) is 4.60. The number of rotatable bonds is 10. The molecule has 0 saturated carbocycles. The third kappa shape index (κ3) is 6.33. The molecule has 0 aliphatic rings. The molecule has 0 spiro atoms. The zero-order chi connectivity index (χ0) is 41.6. The minimum atomic E-state index is -0.0142. The highest BCUT2D eigenvalue weighted by Crippen LogP contribution is 2.43. The van der Waals surface area contributed by atoms with Gasteiger partial charge in [0.15, 0.2) is 0 Å². The molecule has 298 valence electrons. The van der Waals surface area contributed by atoms with Crippen molar-refractivity contribution < 1.29 is 9.84 Å². The number of ether oxygens (including phenoxy) is 1. The van der Waals surface area contributed by atoms with E-state index in [2.05, 4.69) is 213 Å². The lowest BCUT2D eigenvalue weighted by Crippen LogP contribution is -2.12. The highest BCUT2D eigenvalue weighted by atomic mass is 16.5. The number of aromatic nitrogens is 2. The number of aliphatic hydroxyl groups is 1. The quantitative estimate of drug-likeness (QED) is 0.150. The zero-order valence-electron chi connectivity index (χ0n) is 34.1. The van der Waals surface area contributed by atoms with Gasteiger partial charge in [-0.2, -0.15) is 0 Å². The molecule has 0 unspecified atom stereocenters. The molecule has 0 aliphatic carbocycles. The van der Waals surface area contributed by atoms with Crippen LogP contribution in [0.5, 0.6) is 5.75 Å². The Morgan fingerprint density at radius 3 is 1.15 bits per heavy atom. The molecule has 2 heterocycles. The van der Waals surface area contributed by atoms with E-state index in [0.717, 1.165) is 73.4 Å². The smallest absolute Gasteiger partial charge is 0.119 e. The van der Waals surface area contributed by atoms with E-state index < -0.39 is 0 Å². The summed E-state index contributed by atoms with van der Waals surface area (Å²) in [6.45, 7) is -0.0142. The number of hydrogen-bond acceptors (Lipinski definition) is 4. The summed E-state index contributed by atoms with van der Waals surface area (Å²) in [6, 6.07) is 77.1. The van der Waals surface area contributed by atoms with Gasteiger partial charge < -0.3 is 28.8 Å². The van der Waals surface area contributed by atoms with Crippen molar-refractivity contribution in [2.24, 2.45) is 0 Å². The fourth-order valence-corrected chi connectivity index (χ4v) is 9.04. The first kappa shape index (κ1) is 37.0. The Balaban J connectivity index is 1.05. The van der Waals surface area contributed by atoms with Crippen molar-refractivity contribution in [3.63, 3.8) is 0 Å². The predicted molar refractivity (Wildman–Crippen MR) is 257 cm³/mol. The van der Waals surface area contributed by atoms with E-state index in [0.29, 0.717) is 0 Å². The highest BCUT2D eigenvalue weighted by molar-refractivity contribution is 6.12. The van der Waals surface area contributed by atoms with Crippen molar-refractivity contribution in [1.29, 1.82) is 0 Å². The molecule has 9 aromatic carbocycles. The second-order valence-electron chi connectivity index (χ2n) is 15.5. The van der Waals surface area contributed by atoms with Crippen molar-refractivity contribution in [2.45, 2.75) is 6.61 Å². The summed E-state index contributed by atoms with van der Waals surface area (Å²) >= 11 is 0. The lowest BCUT2D eigenvalue weighted by atomic mass is 10.1. The average molecular weight is 803 g/mol. The van der Waals surface area contributed by atoms with Gasteiger partial charge >= 0.3 is 0 Å². The third-order valence-corrected chi connectivity index (χ3v) is 11.9. The molecule has 0 aliphatic heterocycles. The van der Waals surface area contributed by atoms with E-state index in [4.69, 9.17) is 4.74 Å². The summed E-state index contributed by atoms with van der Waals surface area (Å²) < 4.78 is 10.3. The number of anilines is 6. The number of fused-ring (bicyclic) bond motifs is 6. The Hall–Kier alpha value is -8.06. The second kappa shape index (κ2) is 15.5. The maximum Gasteiger partial charge on any atom is 0.119 e. The van der Waals surface area contributed by atoms with E-state index in [1.54, 1.807) is 7.11 Å². The normalized spacial score (nSPS) is 11.5. The van der Waals surface area contributed by atoms with Gasteiger partial charge in [0, 0.05) is 67.0 Å². The van der Waals surface area contributed by atoms with Crippen molar-refractivity contribution in [1.82, 2.24) is 9.13 Å². The van der Waals surface area contributed by atoms with Gasteiger partial charge in [0.25, 0.3) is 0 Å². The Morgan fingerprint density at radius 1 is 0.371 bits per heavy atom. The van der Waals surface area contributed by atoms with Crippen LogP contribution < -0.4 is 14.5 Å². The molecule has 0 bridgehead atoms. The number of methoxy groups -OCH3 is 1. The molecule has 62 heavy (non-hydrogen) atoms. The van der Waals surface area contributed by atoms with Crippen LogP contribution in [0.2, 0.25) is 0 Å². The van der Waals surface area contributed by atoms with Crippen LogP contribution in [0.25, 0.3) is 55.0 Å². The van der Waals surface area contributed by atoms with Gasteiger partial charge in [0.2, 0.25) is 0 Å². The predicted octanol–water partition coefficient (Wildman–Crippen LogP) is 14.3. The average Bonchev–Trinajstić information content (AvgIpc) is 3.85. The van der Waals surface area contributed by atoms with Crippen LogP contribution in [-0.2, 0) is 6.61 Å². The topological polar surface area (TPSA) is 45.8 Å². The van der Waals surface area contributed by atoms with Crippen LogP contribution in [0.1, 0.15) is 5.56 Å². The molecule has 11 aromatic rings. The van der Waals surface area contributed by atoms with Gasteiger partial charge in [-0.1, -0.05) is 84.9 Å². The van der Waals surface area contributed by atoms with Gasteiger partial charge in [-0.3, -0.25) is 0 Å². The number of nitrogens with zero attached hydrogens (tertiary/aromatic N) is 4. The van der Waals surface area contributed by atoms with Crippen LogP contribution >= 0.6 is 0 Å². The molecule has 1 N–H and O–H groups in total. The van der Waals surface area contributed by atoms with Crippen molar-refractivity contribution in [3.8, 4) is 17.1 Å². The van der Waals surface area contributed by atoms with Crippen molar-refractivity contribution in [2.75, 3.05) is 16.9 Å². The maximum absolute atomic E-state index is 9.95. The number of hydrogen-bond donors (Lipinski definition) is 1. The van der Waals surface area contributed by atoms with Crippen LogP contribution in [0.15, 0.2) is 218 Å². The van der Waals surface area contributed by atoms with Gasteiger partial charge in [0.05, 0.1) is 35.8 Å². The summed E-state index contributed by atoms with van der Waals surface area (Å²) in [7, 11) is 1.70. The Labute approximate surface area is 359 Å². The van der Waals surface area contributed by atoms with E-state index in [9.17, 15) is 5.11 Å². The lowest BCUT2D eigenvalue weighted by Gasteiger charge is -2.28. The molecule has 0 atom stereocenters. The summed E-state index contributed by atoms with van der Waals surface area (Å²) in [5, 5.41) is 14.7. The van der Waals surface area contributed by atoms with Crippen LogP contribution in [0.4, 0.5) is 34.1 Å². The largest absolute Gasteiger partial charge is 0.497 e. The molecule has 0 radical (unpaired) electrons. The SMILES string of the molecule is COc1ccc(N(c2ccc(N(c3ccc(CO)cc3)c3ccc4c(c3)c3ccccc3n4-c3ccccc3)cc2)c2ccc3c(c2)c2ccccc2n3-c2ccccc2)cc1. The first-order chi connectivity index (χ1) is 30.7. The molecule has 2 aromatic heterocycles. The van der Waals surface area contributed by atoms with E-state index in [1.807, 2.05) is 24.3 Å². The summed E-state index contributed by atoms with van der Waals surface area (Å²) in [5.74, 6) is 0.803. The monoisotopic (exact) mass is 802 g/mol. The van der Waals surface area contributed by atoms with Crippen LogP contribution in [0, 0.1) is 0 Å². The minimum absolute atomic E-state index is 0.0142.